The summed E-state index contributed by atoms with van der Waals surface area (Å²) in [6, 6.07) is 10.9. The van der Waals surface area contributed by atoms with Crippen LogP contribution in [-0.2, 0) is 16.4 Å². The Morgan fingerprint density at radius 2 is 1.80 bits per heavy atom. The van der Waals surface area contributed by atoms with Crippen LogP contribution in [0.25, 0.3) is 0 Å². The average molecular weight is 292 g/mol. The van der Waals surface area contributed by atoms with Crippen molar-refractivity contribution in [2.24, 2.45) is 0 Å². The average Bonchev–Trinajstić information content (AvgIpc) is 2.46. The van der Waals surface area contributed by atoms with Gasteiger partial charge in [-0.3, -0.25) is 4.98 Å². The summed E-state index contributed by atoms with van der Waals surface area (Å²) in [7, 11) is -3.59. The van der Waals surface area contributed by atoms with E-state index in [2.05, 4.69) is 10.3 Å². The van der Waals surface area contributed by atoms with Gasteiger partial charge in [0.05, 0.1) is 22.0 Å². The molecule has 0 fully saturated rings. The third-order valence-electron chi connectivity index (χ3n) is 2.58. The molecule has 1 aromatic heterocycles. The second-order valence-electron chi connectivity index (χ2n) is 3.96. The first-order chi connectivity index (χ1) is 9.50. The molecule has 6 nitrogen and oxygen atoms in total. The van der Waals surface area contributed by atoms with E-state index in [-0.39, 0.29) is 16.3 Å². The van der Waals surface area contributed by atoms with Gasteiger partial charge in [0, 0.05) is 6.20 Å². The molecule has 0 saturated heterocycles. The molecule has 104 valence electrons. The third kappa shape index (κ3) is 3.12. The number of sulfone groups is 1. The highest BCUT2D eigenvalue weighted by atomic mass is 32.2. The molecule has 2 aromatic rings. The standard InChI is InChI=1S/C13H12N2O4S/c16-13(17)15-8-10-6-7-12(9-14-10)20(18,19)11-4-2-1-3-5-11/h1-7,9,15H,8H2,(H,16,17). The molecule has 0 aliphatic heterocycles. The summed E-state index contributed by atoms with van der Waals surface area (Å²) < 4.78 is 24.5. The predicted octanol–water partition coefficient (Wildman–Crippen LogP) is 1.68. The van der Waals surface area contributed by atoms with Gasteiger partial charge in [-0.15, -0.1) is 0 Å². The molecular formula is C13H12N2O4S. The lowest BCUT2D eigenvalue weighted by atomic mass is 10.3. The minimum atomic E-state index is -3.59. The highest BCUT2D eigenvalue weighted by molar-refractivity contribution is 7.91. The Hall–Kier alpha value is -2.41. The number of rotatable bonds is 4. The molecule has 1 aromatic carbocycles. The van der Waals surface area contributed by atoms with E-state index >= 15 is 0 Å². The third-order valence-corrected chi connectivity index (χ3v) is 4.34. The second-order valence-corrected chi connectivity index (χ2v) is 5.91. The molecule has 0 atom stereocenters. The number of aromatic nitrogens is 1. The van der Waals surface area contributed by atoms with Crippen molar-refractivity contribution >= 4 is 15.9 Å². The SMILES string of the molecule is O=C(O)NCc1ccc(S(=O)(=O)c2ccccc2)cn1. The van der Waals surface area contributed by atoms with Crippen LogP contribution in [0.5, 0.6) is 0 Å². The summed E-state index contributed by atoms with van der Waals surface area (Å²) in [6.07, 6.45) is 0.0640. The van der Waals surface area contributed by atoms with Crippen molar-refractivity contribution in [2.75, 3.05) is 0 Å². The molecule has 0 bridgehead atoms. The van der Waals surface area contributed by atoms with Crippen LogP contribution in [0.3, 0.4) is 0 Å². The molecule has 0 aliphatic carbocycles. The highest BCUT2D eigenvalue weighted by Gasteiger charge is 2.17. The molecule has 2 rings (SSSR count). The largest absolute Gasteiger partial charge is 0.465 e. The number of nitrogens with one attached hydrogen (secondary N) is 1. The van der Waals surface area contributed by atoms with E-state index in [1.165, 1.54) is 30.5 Å². The van der Waals surface area contributed by atoms with E-state index < -0.39 is 15.9 Å². The van der Waals surface area contributed by atoms with Gasteiger partial charge >= 0.3 is 6.09 Å². The van der Waals surface area contributed by atoms with Crippen LogP contribution in [0.1, 0.15) is 5.69 Å². The maximum Gasteiger partial charge on any atom is 0.404 e. The van der Waals surface area contributed by atoms with E-state index in [4.69, 9.17) is 5.11 Å². The van der Waals surface area contributed by atoms with Crippen LogP contribution in [0.15, 0.2) is 58.5 Å². The maximum atomic E-state index is 12.3. The summed E-state index contributed by atoms with van der Waals surface area (Å²) in [6.45, 7) is 0.0288. The summed E-state index contributed by atoms with van der Waals surface area (Å²) >= 11 is 0. The van der Waals surface area contributed by atoms with Crippen LogP contribution < -0.4 is 5.32 Å². The lowest BCUT2D eigenvalue weighted by Crippen LogP contribution is -2.20. The van der Waals surface area contributed by atoms with E-state index in [1.54, 1.807) is 18.2 Å². The fourth-order valence-electron chi connectivity index (χ4n) is 1.58. The minimum absolute atomic E-state index is 0.0288. The Bertz CT molecular complexity index is 697. The number of hydrogen-bond acceptors (Lipinski definition) is 4. The Labute approximate surface area is 116 Å². The molecule has 0 saturated carbocycles. The van der Waals surface area contributed by atoms with Gasteiger partial charge in [0.1, 0.15) is 0 Å². The van der Waals surface area contributed by atoms with Gasteiger partial charge in [0.15, 0.2) is 0 Å². The molecular weight excluding hydrogens is 280 g/mol. The van der Waals surface area contributed by atoms with Crippen molar-refractivity contribution < 1.29 is 18.3 Å². The lowest BCUT2D eigenvalue weighted by molar-refractivity contribution is 0.194. The minimum Gasteiger partial charge on any atom is -0.465 e. The maximum absolute atomic E-state index is 12.3. The zero-order chi connectivity index (χ0) is 14.6. The van der Waals surface area contributed by atoms with E-state index in [9.17, 15) is 13.2 Å². The van der Waals surface area contributed by atoms with Crippen LogP contribution in [0.2, 0.25) is 0 Å². The molecule has 0 unspecified atom stereocenters. The van der Waals surface area contributed by atoms with Gasteiger partial charge in [0.25, 0.3) is 0 Å². The lowest BCUT2D eigenvalue weighted by Gasteiger charge is -2.05. The number of carbonyl (C=O) groups is 1. The van der Waals surface area contributed by atoms with Crippen LogP contribution in [0.4, 0.5) is 4.79 Å². The van der Waals surface area contributed by atoms with Gasteiger partial charge in [-0.1, -0.05) is 18.2 Å². The van der Waals surface area contributed by atoms with Crippen molar-refractivity contribution in [3.63, 3.8) is 0 Å². The molecule has 0 radical (unpaired) electrons. The van der Waals surface area contributed by atoms with Crippen molar-refractivity contribution in [1.82, 2.24) is 10.3 Å². The Balaban J connectivity index is 2.24. The second kappa shape index (κ2) is 5.70. The molecule has 1 heterocycles. The van der Waals surface area contributed by atoms with Crippen LogP contribution in [-0.4, -0.2) is 24.6 Å². The summed E-state index contributed by atoms with van der Waals surface area (Å²) in [5.41, 5.74) is 0.444. The fraction of sp³-hybridized carbons (Fsp3) is 0.0769. The number of benzene rings is 1. The summed E-state index contributed by atoms with van der Waals surface area (Å²) in [5.74, 6) is 0. The van der Waals surface area contributed by atoms with Crippen molar-refractivity contribution in [3.8, 4) is 0 Å². The molecule has 2 N–H and O–H groups in total. The fourth-order valence-corrected chi connectivity index (χ4v) is 2.80. The van der Waals surface area contributed by atoms with Crippen molar-refractivity contribution in [3.05, 3.63) is 54.4 Å². The molecule has 1 amide bonds. The normalized spacial score (nSPS) is 11.0. The number of nitrogens with zero attached hydrogens (tertiary/aromatic N) is 1. The van der Waals surface area contributed by atoms with E-state index in [1.807, 2.05) is 0 Å². The highest BCUT2D eigenvalue weighted by Crippen LogP contribution is 2.19. The van der Waals surface area contributed by atoms with E-state index in [0.29, 0.717) is 5.69 Å². The first-order valence-electron chi connectivity index (χ1n) is 5.72. The van der Waals surface area contributed by atoms with Crippen molar-refractivity contribution in [2.45, 2.75) is 16.3 Å². The quantitative estimate of drug-likeness (QED) is 0.893. The molecule has 0 aliphatic rings. The van der Waals surface area contributed by atoms with Crippen molar-refractivity contribution in [1.29, 1.82) is 0 Å². The van der Waals surface area contributed by atoms with Gasteiger partial charge in [0.2, 0.25) is 9.84 Å². The summed E-state index contributed by atoms with van der Waals surface area (Å²) in [4.78, 5) is 14.6. The number of carboxylic acid groups (broad SMARTS) is 1. The summed E-state index contributed by atoms with van der Waals surface area (Å²) in [5, 5.41) is 10.6. The molecule has 7 heteroatoms. The molecule has 20 heavy (non-hydrogen) atoms. The Morgan fingerprint density at radius 1 is 1.10 bits per heavy atom. The number of amides is 1. The van der Waals surface area contributed by atoms with E-state index in [0.717, 1.165) is 0 Å². The first-order valence-corrected chi connectivity index (χ1v) is 7.20. The van der Waals surface area contributed by atoms with Gasteiger partial charge in [-0.2, -0.15) is 0 Å². The van der Waals surface area contributed by atoms with Gasteiger partial charge < -0.3 is 10.4 Å². The Kier molecular flexibility index (Phi) is 3.99. The first kappa shape index (κ1) is 14.0. The van der Waals surface area contributed by atoms with Crippen LogP contribution in [0, 0.1) is 0 Å². The van der Waals surface area contributed by atoms with Gasteiger partial charge in [-0.25, -0.2) is 13.2 Å². The zero-order valence-electron chi connectivity index (χ0n) is 10.4. The zero-order valence-corrected chi connectivity index (χ0v) is 11.2. The monoisotopic (exact) mass is 292 g/mol. The van der Waals surface area contributed by atoms with Crippen LogP contribution >= 0.6 is 0 Å². The smallest absolute Gasteiger partial charge is 0.404 e. The topological polar surface area (TPSA) is 96.4 Å². The Morgan fingerprint density at radius 3 is 2.35 bits per heavy atom. The molecule has 0 spiro atoms. The predicted molar refractivity (Wildman–Crippen MR) is 71.0 cm³/mol. The van der Waals surface area contributed by atoms with Gasteiger partial charge in [-0.05, 0) is 24.3 Å². The number of pyridine rings is 1. The number of hydrogen-bond donors (Lipinski definition) is 2.